The molecule has 0 bridgehead atoms. The first-order chi connectivity index (χ1) is 14.3. The molecule has 154 valence electrons. The van der Waals surface area contributed by atoms with Crippen molar-refractivity contribution >= 4 is 38.1 Å². The van der Waals surface area contributed by atoms with Gasteiger partial charge in [0.2, 0.25) is 10.0 Å². The fourth-order valence-electron chi connectivity index (χ4n) is 3.83. The third-order valence-corrected chi connectivity index (χ3v) is 7.09. The van der Waals surface area contributed by atoms with Crippen LogP contribution in [0, 0.1) is 11.3 Å². The first-order valence-corrected chi connectivity index (χ1v) is 11.9. The molecule has 1 saturated heterocycles. The summed E-state index contributed by atoms with van der Waals surface area (Å²) in [5.41, 5.74) is 3.26. The first kappa shape index (κ1) is 20.6. The maximum Gasteiger partial charge on any atom is 0.211 e. The van der Waals surface area contributed by atoms with Gasteiger partial charge in [-0.1, -0.05) is 17.7 Å². The average Bonchev–Trinajstić information content (AvgIpc) is 2.74. The van der Waals surface area contributed by atoms with E-state index in [-0.39, 0.29) is 6.04 Å². The van der Waals surface area contributed by atoms with Gasteiger partial charge in [0.25, 0.3) is 0 Å². The molecule has 1 aromatic heterocycles. The quantitative estimate of drug-likeness (QED) is 0.654. The molecule has 8 heteroatoms. The number of anilines is 1. The second-order valence-corrected chi connectivity index (χ2v) is 9.90. The van der Waals surface area contributed by atoms with Crippen LogP contribution in [0.3, 0.4) is 0 Å². The van der Waals surface area contributed by atoms with Crippen LogP contribution in [0.5, 0.6) is 0 Å². The maximum atomic E-state index is 11.8. The number of sulfonamides is 1. The van der Waals surface area contributed by atoms with Gasteiger partial charge in [-0.05, 0) is 59.7 Å². The van der Waals surface area contributed by atoms with Crippen molar-refractivity contribution in [3.05, 3.63) is 59.4 Å². The molecule has 4 rings (SSSR count). The molecule has 1 aliphatic heterocycles. The summed E-state index contributed by atoms with van der Waals surface area (Å²) in [5, 5.41) is 15.4. The molecule has 30 heavy (non-hydrogen) atoms. The monoisotopic (exact) mass is 440 g/mol. The number of fused-ring (bicyclic) bond motifs is 1. The van der Waals surface area contributed by atoms with Gasteiger partial charge in [-0.2, -0.15) is 5.26 Å². The van der Waals surface area contributed by atoms with E-state index in [1.165, 1.54) is 10.6 Å². The van der Waals surface area contributed by atoms with Gasteiger partial charge in [-0.15, -0.1) is 0 Å². The number of hydrogen-bond acceptors (Lipinski definition) is 5. The Kier molecular flexibility index (Phi) is 5.65. The summed E-state index contributed by atoms with van der Waals surface area (Å²) in [6, 6.07) is 13.8. The summed E-state index contributed by atoms with van der Waals surface area (Å²) in [7, 11) is -3.15. The van der Waals surface area contributed by atoms with Crippen LogP contribution in [-0.2, 0) is 10.0 Å². The minimum absolute atomic E-state index is 0.168. The highest BCUT2D eigenvalue weighted by molar-refractivity contribution is 7.88. The number of aromatic nitrogens is 1. The Labute approximate surface area is 181 Å². The topological polar surface area (TPSA) is 86.1 Å². The van der Waals surface area contributed by atoms with Gasteiger partial charge in [0.1, 0.15) is 6.07 Å². The highest BCUT2D eigenvalue weighted by Gasteiger charge is 2.25. The zero-order valence-electron chi connectivity index (χ0n) is 16.5. The molecular formula is C22H21ClN4O2S. The van der Waals surface area contributed by atoms with Crippen molar-refractivity contribution in [2.75, 3.05) is 24.7 Å². The molecule has 3 aromatic rings. The van der Waals surface area contributed by atoms with E-state index in [2.05, 4.69) is 28.5 Å². The van der Waals surface area contributed by atoms with E-state index in [1.807, 2.05) is 18.3 Å². The first-order valence-electron chi connectivity index (χ1n) is 9.64. The minimum Gasteiger partial charge on any atom is -0.382 e. The zero-order valence-corrected chi connectivity index (χ0v) is 18.0. The molecule has 0 saturated carbocycles. The lowest BCUT2D eigenvalue weighted by Gasteiger charge is -2.31. The summed E-state index contributed by atoms with van der Waals surface area (Å²) in [5.74, 6) is 0. The average molecular weight is 441 g/mol. The van der Waals surface area contributed by atoms with Crippen molar-refractivity contribution in [3.8, 4) is 17.2 Å². The number of rotatable bonds is 4. The Bertz CT molecular complexity index is 1250. The van der Waals surface area contributed by atoms with Crippen LogP contribution in [0.2, 0.25) is 5.02 Å². The van der Waals surface area contributed by atoms with Crippen molar-refractivity contribution in [1.82, 2.24) is 9.29 Å². The fraction of sp³-hybridized carbons (Fsp3) is 0.273. The Morgan fingerprint density at radius 1 is 1.17 bits per heavy atom. The molecule has 1 N–H and O–H groups in total. The van der Waals surface area contributed by atoms with Crippen molar-refractivity contribution in [2.24, 2.45) is 0 Å². The second kappa shape index (κ2) is 8.23. The van der Waals surface area contributed by atoms with Crippen LogP contribution in [0.1, 0.15) is 18.4 Å². The summed E-state index contributed by atoms with van der Waals surface area (Å²) in [6.07, 6.45) is 6.31. The number of nitrogens with one attached hydrogen (secondary N) is 1. The summed E-state index contributed by atoms with van der Waals surface area (Å²) < 4.78 is 25.1. The molecular weight excluding hydrogens is 420 g/mol. The molecule has 0 spiro atoms. The Hall–Kier alpha value is -2.66. The highest BCUT2D eigenvalue weighted by atomic mass is 35.5. The molecule has 0 amide bonds. The third kappa shape index (κ3) is 4.26. The number of halogens is 1. The van der Waals surface area contributed by atoms with E-state index in [0.29, 0.717) is 23.7 Å². The number of pyridine rings is 1. The van der Waals surface area contributed by atoms with Crippen LogP contribution in [0.25, 0.3) is 21.9 Å². The van der Waals surface area contributed by atoms with Gasteiger partial charge in [0, 0.05) is 42.6 Å². The molecule has 2 heterocycles. The largest absolute Gasteiger partial charge is 0.382 e. The predicted molar refractivity (Wildman–Crippen MR) is 120 cm³/mol. The maximum absolute atomic E-state index is 11.8. The summed E-state index contributed by atoms with van der Waals surface area (Å²) >= 11 is 6.09. The van der Waals surface area contributed by atoms with E-state index in [9.17, 15) is 13.7 Å². The Balaban J connectivity index is 1.67. The SMILES string of the molecule is CS(=O)(=O)N1CCC(Nc2cc(-c3ccc(Cl)c(C#N)c3)cc3ccncc23)CC1. The normalized spacial score (nSPS) is 15.8. The Morgan fingerprint density at radius 3 is 2.63 bits per heavy atom. The van der Waals surface area contributed by atoms with Crippen LogP contribution in [0.15, 0.2) is 48.8 Å². The van der Waals surface area contributed by atoms with Crippen molar-refractivity contribution < 1.29 is 8.42 Å². The number of piperidine rings is 1. The molecule has 0 aliphatic carbocycles. The molecule has 6 nitrogen and oxygen atoms in total. The van der Waals surface area contributed by atoms with Crippen molar-refractivity contribution in [2.45, 2.75) is 18.9 Å². The number of nitrogens with zero attached hydrogens (tertiary/aromatic N) is 3. The number of benzene rings is 2. The molecule has 1 aliphatic rings. The Morgan fingerprint density at radius 2 is 1.93 bits per heavy atom. The summed E-state index contributed by atoms with van der Waals surface area (Å²) in [4.78, 5) is 4.26. The van der Waals surface area contributed by atoms with Crippen LogP contribution < -0.4 is 5.32 Å². The molecule has 0 atom stereocenters. The van der Waals surface area contributed by atoms with E-state index < -0.39 is 10.0 Å². The molecule has 1 fully saturated rings. The minimum atomic E-state index is -3.15. The molecule has 2 aromatic carbocycles. The number of hydrogen-bond donors (Lipinski definition) is 1. The van der Waals surface area contributed by atoms with Crippen molar-refractivity contribution in [1.29, 1.82) is 5.26 Å². The van der Waals surface area contributed by atoms with Gasteiger partial charge in [0.15, 0.2) is 0 Å². The van der Waals surface area contributed by atoms with Gasteiger partial charge in [-0.25, -0.2) is 12.7 Å². The standard InChI is InChI=1S/C22H21ClN4O2S/c1-30(28,29)27-8-5-19(6-9-27)26-22-12-17(11-16-4-7-25-14-20(16)22)15-2-3-21(23)18(10-15)13-24/h2-4,7,10-12,14,19,26H,5-6,8-9H2,1H3. The van der Waals surface area contributed by atoms with E-state index in [1.54, 1.807) is 18.3 Å². The lowest BCUT2D eigenvalue weighted by molar-refractivity contribution is 0.332. The van der Waals surface area contributed by atoms with Gasteiger partial charge >= 0.3 is 0 Å². The lowest BCUT2D eigenvalue weighted by atomic mass is 9.98. The predicted octanol–water partition coefficient (Wildman–Crippen LogP) is 4.26. The third-order valence-electron chi connectivity index (χ3n) is 5.46. The van der Waals surface area contributed by atoms with Crippen LogP contribution in [-0.4, -0.2) is 43.1 Å². The van der Waals surface area contributed by atoms with Crippen LogP contribution in [0.4, 0.5) is 5.69 Å². The second-order valence-electron chi connectivity index (χ2n) is 7.51. The summed E-state index contributed by atoms with van der Waals surface area (Å²) in [6.45, 7) is 1.02. The van der Waals surface area contributed by atoms with E-state index in [4.69, 9.17) is 11.6 Å². The molecule has 0 unspecified atom stereocenters. The van der Waals surface area contributed by atoms with Gasteiger partial charge in [-0.3, -0.25) is 4.98 Å². The zero-order chi connectivity index (χ0) is 21.3. The van der Waals surface area contributed by atoms with E-state index in [0.717, 1.165) is 40.4 Å². The van der Waals surface area contributed by atoms with Crippen LogP contribution >= 0.6 is 11.6 Å². The lowest BCUT2D eigenvalue weighted by Crippen LogP contribution is -2.41. The smallest absolute Gasteiger partial charge is 0.211 e. The van der Waals surface area contributed by atoms with Gasteiger partial charge in [0.05, 0.1) is 16.8 Å². The molecule has 0 radical (unpaired) electrons. The number of nitriles is 1. The van der Waals surface area contributed by atoms with Crippen molar-refractivity contribution in [3.63, 3.8) is 0 Å². The van der Waals surface area contributed by atoms with E-state index >= 15 is 0 Å². The highest BCUT2D eigenvalue weighted by Crippen LogP contribution is 2.33. The van der Waals surface area contributed by atoms with Gasteiger partial charge < -0.3 is 5.32 Å². The fourth-order valence-corrected chi connectivity index (χ4v) is 4.86.